The van der Waals surface area contributed by atoms with Crippen molar-refractivity contribution in [2.24, 2.45) is 0 Å². The fourth-order valence-corrected chi connectivity index (χ4v) is 0.895. The Bertz CT molecular complexity index is 101. The van der Waals surface area contributed by atoms with Crippen LogP contribution in [0.15, 0.2) is 0 Å². The van der Waals surface area contributed by atoms with Gasteiger partial charge in [0.05, 0.1) is 0 Å². The van der Waals surface area contributed by atoms with Crippen molar-refractivity contribution in [2.45, 2.75) is 18.9 Å². The van der Waals surface area contributed by atoms with Crippen LogP contribution in [0.1, 0.15) is 12.8 Å². The molecule has 0 amide bonds. The molecule has 0 bridgehead atoms. The summed E-state index contributed by atoms with van der Waals surface area (Å²) in [6, 6.07) is -0.269. The van der Waals surface area contributed by atoms with E-state index in [2.05, 4.69) is 5.32 Å². The van der Waals surface area contributed by atoms with Gasteiger partial charge in [0, 0.05) is 0 Å². The van der Waals surface area contributed by atoms with Gasteiger partial charge in [-0.15, -0.1) is 0 Å². The van der Waals surface area contributed by atoms with Gasteiger partial charge in [0.1, 0.15) is 6.04 Å². The van der Waals surface area contributed by atoms with Gasteiger partial charge in [-0.3, -0.25) is 4.79 Å². The van der Waals surface area contributed by atoms with Crippen molar-refractivity contribution in [3.63, 3.8) is 0 Å². The molecule has 2 N–H and O–H groups in total. The molecule has 4 heteroatoms. The Kier molecular flexibility index (Phi) is 4.48. The monoisotopic (exact) mass is 139 g/mol. The maximum absolute atomic E-state index is 10.1. The average Bonchev–Trinajstić information content (AvgIpc) is 2.12. The molecule has 1 atom stereocenters. The number of aliphatic carboxylic acids is 1. The summed E-state index contributed by atoms with van der Waals surface area (Å²) in [7, 11) is 0. The van der Waals surface area contributed by atoms with Gasteiger partial charge in [0.25, 0.3) is 0 Å². The summed E-state index contributed by atoms with van der Waals surface area (Å²) in [5.74, 6) is -0.720. The summed E-state index contributed by atoms with van der Waals surface area (Å²) in [4.78, 5) is 10.1. The van der Waals surface area contributed by atoms with Gasteiger partial charge < -0.3 is 10.4 Å². The first-order chi connectivity index (χ1) is 3.80. The third-order valence-corrected chi connectivity index (χ3v) is 1.36. The molecule has 1 saturated heterocycles. The molecule has 1 aliphatic heterocycles. The standard InChI is InChI=1S/C5H9NO2.Na.H/c7-5(8)4-2-1-3-6-4;;/h4,6H,1-3H2,(H,7,8);;/t4-;;/m1../s1. The third kappa shape index (κ3) is 2.67. The first-order valence-corrected chi connectivity index (χ1v) is 2.77. The van der Waals surface area contributed by atoms with Crippen LogP contribution < -0.4 is 5.32 Å². The second-order valence-corrected chi connectivity index (χ2v) is 1.99. The summed E-state index contributed by atoms with van der Waals surface area (Å²) in [5, 5.41) is 11.2. The van der Waals surface area contributed by atoms with Gasteiger partial charge in [-0.2, -0.15) is 0 Å². The molecule has 0 aliphatic carbocycles. The molecule has 0 aromatic carbocycles. The van der Waals surface area contributed by atoms with Crippen molar-refractivity contribution in [2.75, 3.05) is 6.54 Å². The van der Waals surface area contributed by atoms with Crippen LogP contribution in [-0.2, 0) is 4.79 Å². The summed E-state index contributed by atoms with van der Waals surface area (Å²) < 4.78 is 0. The van der Waals surface area contributed by atoms with Crippen LogP contribution in [0.25, 0.3) is 0 Å². The Balaban J connectivity index is 0.000000640. The maximum atomic E-state index is 10.1. The summed E-state index contributed by atoms with van der Waals surface area (Å²) in [5.41, 5.74) is 0. The van der Waals surface area contributed by atoms with Gasteiger partial charge in [-0.05, 0) is 19.4 Å². The molecule has 1 aliphatic rings. The Hall–Kier alpha value is 0.430. The Morgan fingerprint density at radius 2 is 2.33 bits per heavy atom. The molecule has 1 heterocycles. The predicted molar refractivity (Wildman–Crippen MR) is 35.8 cm³/mol. The summed E-state index contributed by atoms with van der Waals surface area (Å²) in [6.07, 6.45) is 1.78. The molecule has 0 radical (unpaired) electrons. The van der Waals surface area contributed by atoms with Gasteiger partial charge >= 0.3 is 35.5 Å². The molecular weight excluding hydrogens is 129 g/mol. The van der Waals surface area contributed by atoms with Crippen LogP contribution in [0.5, 0.6) is 0 Å². The van der Waals surface area contributed by atoms with E-state index in [9.17, 15) is 4.79 Å². The number of rotatable bonds is 1. The minimum atomic E-state index is -0.720. The first-order valence-electron chi connectivity index (χ1n) is 2.77. The van der Waals surface area contributed by atoms with Crippen LogP contribution >= 0.6 is 0 Å². The second-order valence-electron chi connectivity index (χ2n) is 1.99. The van der Waals surface area contributed by atoms with Crippen molar-refractivity contribution in [1.82, 2.24) is 5.32 Å². The van der Waals surface area contributed by atoms with Crippen molar-refractivity contribution in [1.29, 1.82) is 0 Å². The zero-order valence-corrected chi connectivity index (χ0v) is 4.55. The number of carboxylic acid groups (broad SMARTS) is 1. The molecule has 0 saturated carbocycles. The molecule has 0 aromatic rings. The Morgan fingerprint density at radius 3 is 2.56 bits per heavy atom. The number of carboxylic acids is 1. The van der Waals surface area contributed by atoms with E-state index in [-0.39, 0.29) is 35.6 Å². The molecule has 48 valence electrons. The number of hydrogen-bond donors (Lipinski definition) is 2. The molecule has 9 heavy (non-hydrogen) atoms. The SMILES string of the molecule is O=C(O)[C@H]1CCCN1.[NaH]. The van der Waals surface area contributed by atoms with Gasteiger partial charge in [-0.1, -0.05) is 0 Å². The molecule has 1 rings (SSSR count). The van der Waals surface area contributed by atoms with Gasteiger partial charge in [-0.25, -0.2) is 0 Å². The van der Waals surface area contributed by atoms with Crippen molar-refractivity contribution < 1.29 is 9.90 Å². The second kappa shape index (κ2) is 4.28. The van der Waals surface area contributed by atoms with E-state index in [1.807, 2.05) is 0 Å². The van der Waals surface area contributed by atoms with E-state index in [0.717, 1.165) is 19.4 Å². The Labute approximate surface area is 76.1 Å². The summed E-state index contributed by atoms with van der Waals surface area (Å²) in [6.45, 7) is 0.858. The van der Waals surface area contributed by atoms with Crippen molar-refractivity contribution in [3.8, 4) is 0 Å². The fraction of sp³-hybridized carbons (Fsp3) is 0.800. The van der Waals surface area contributed by atoms with Gasteiger partial charge in [0.15, 0.2) is 0 Å². The molecule has 0 spiro atoms. The van der Waals surface area contributed by atoms with E-state index < -0.39 is 5.97 Å². The normalized spacial score (nSPS) is 25.1. The van der Waals surface area contributed by atoms with Gasteiger partial charge in [0.2, 0.25) is 0 Å². The summed E-state index contributed by atoms with van der Waals surface area (Å²) >= 11 is 0. The molecule has 3 nitrogen and oxygen atoms in total. The zero-order valence-electron chi connectivity index (χ0n) is 4.55. The van der Waals surface area contributed by atoms with Crippen LogP contribution in [0.3, 0.4) is 0 Å². The van der Waals surface area contributed by atoms with Crippen molar-refractivity contribution >= 4 is 35.5 Å². The first kappa shape index (κ1) is 9.43. The number of nitrogens with one attached hydrogen (secondary N) is 1. The van der Waals surface area contributed by atoms with E-state index in [1.54, 1.807) is 0 Å². The zero-order chi connectivity index (χ0) is 5.98. The van der Waals surface area contributed by atoms with Crippen LogP contribution in [0.4, 0.5) is 0 Å². The van der Waals surface area contributed by atoms with E-state index in [0.29, 0.717) is 0 Å². The minimum absolute atomic E-state index is 0. The van der Waals surface area contributed by atoms with E-state index in [4.69, 9.17) is 5.11 Å². The average molecular weight is 139 g/mol. The Morgan fingerprint density at radius 1 is 1.67 bits per heavy atom. The molecule has 1 fully saturated rings. The number of carbonyl (C=O) groups is 1. The van der Waals surface area contributed by atoms with Crippen LogP contribution in [0, 0.1) is 0 Å². The topological polar surface area (TPSA) is 49.3 Å². The fourth-order valence-electron chi connectivity index (χ4n) is 0.895. The molecule has 0 unspecified atom stereocenters. The van der Waals surface area contributed by atoms with Crippen LogP contribution in [-0.4, -0.2) is 53.2 Å². The molecular formula is C5H10NNaO2. The predicted octanol–water partition coefficient (Wildman–Crippen LogP) is -0.826. The van der Waals surface area contributed by atoms with Crippen molar-refractivity contribution in [3.05, 3.63) is 0 Å². The van der Waals surface area contributed by atoms with E-state index >= 15 is 0 Å². The molecule has 0 aromatic heterocycles. The quantitative estimate of drug-likeness (QED) is 0.466. The van der Waals surface area contributed by atoms with E-state index in [1.165, 1.54) is 0 Å². The number of hydrogen-bond acceptors (Lipinski definition) is 2. The van der Waals surface area contributed by atoms with Crippen LogP contribution in [0.2, 0.25) is 0 Å². The third-order valence-electron chi connectivity index (χ3n) is 1.36.